The predicted octanol–water partition coefficient (Wildman–Crippen LogP) is 2.04. The van der Waals surface area contributed by atoms with Gasteiger partial charge in [0.05, 0.1) is 13.7 Å². The van der Waals surface area contributed by atoms with Crippen LogP contribution in [0.5, 0.6) is 5.75 Å². The number of ether oxygens (including phenoxy) is 1. The summed E-state index contributed by atoms with van der Waals surface area (Å²) in [5.74, 6) is -0.535. The van der Waals surface area contributed by atoms with Crippen LogP contribution in [0.2, 0.25) is 0 Å². The maximum Gasteiger partial charge on any atom is 0.333 e. The van der Waals surface area contributed by atoms with E-state index in [0.717, 1.165) is 0 Å². The van der Waals surface area contributed by atoms with Gasteiger partial charge in [0.2, 0.25) is 0 Å². The number of hydrogen-bond donors (Lipinski definition) is 1. The van der Waals surface area contributed by atoms with Gasteiger partial charge in [-0.1, -0.05) is 12.1 Å². The molecule has 1 rings (SSSR count). The Morgan fingerprint density at radius 1 is 1.47 bits per heavy atom. The quantitative estimate of drug-likeness (QED) is 0.604. The van der Waals surface area contributed by atoms with Gasteiger partial charge in [-0.05, 0) is 23.8 Å². The van der Waals surface area contributed by atoms with Gasteiger partial charge in [-0.15, -0.1) is 0 Å². The summed E-state index contributed by atoms with van der Waals surface area (Å²) in [6.45, 7) is 6.67. The van der Waals surface area contributed by atoms with Crippen LogP contribution in [0.3, 0.4) is 0 Å². The number of carboxylic acid groups (broad SMARTS) is 1. The molecule has 0 amide bonds. The van der Waals surface area contributed by atoms with Crippen molar-refractivity contribution in [3.63, 3.8) is 0 Å². The Labute approximate surface area is 87.2 Å². The summed E-state index contributed by atoms with van der Waals surface area (Å²) < 4.78 is 4.95. The summed E-state index contributed by atoms with van der Waals surface area (Å²) in [5.41, 5.74) is 0.351. The molecule has 0 spiro atoms. The third-order valence-electron chi connectivity index (χ3n) is 1.76. The van der Waals surface area contributed by atoms with E-state index in [1.165, 1.54) is 6.08 Å². The summed E-state index contributed by atoms with van der Waals surface area (Å²) in [4.78, 5) is 13.5. The molecule has 0 atom stereocenters. The normalized spacial score (nSPS) is 10.5. The van der Waals surface area contributed by atoms with Crippen LogP contribution in [0.1, 0.15) is 5.56 Å². The molecule has 0 fully saturated rings. The Hall–Kier alpha value is -2.28. The van der Waals surface area contributed by atoms with E-state index in [2.05, 4.69) is 4.85 Å². The summed E-state index contributed by atoms with van der Waals surface area (Å²) in [5, 5.41) is 8.63. The van der Waals surface area contributed by atoms with Gasteiger partial charge in [-0.25, -0.2) is 4.85 Å². The summed E-state index contributed by atoms with van der Waals surface area (Å²) >= 11 is 0. The summed E-state index contributed by atoms with van der Waals surface area (Å²) in [6, 6.07) is 6.78. The second-order valence-electron chi connectivity index (χ2n) is 2.72. The van der Waals surface area contributed by atoms with E-state index < -0.39 is 5.97 Å². The largest absolute Gasteiger partial charge is 0.497 e. The molecule has 0 aliphatic carbocycles. The SMILES string of the molecule is [C-]#[N+]C(=Cc1ccc(OC)cc1)C(=O)O. The number of carbonyl (C=O) groups is 1. The molecule has 15 heavy (non-hydrogen) atoms. The highest BCUT2D eigenvalue weighted by Crippen LogP contribution is 2.14. The topological polar surface area (TPSA) is 50.9 Å². The number of hydrogen-bond acceptors (Lipinski definition) is 2. The minimum atomic E-state index is -1.22. The first kappa shape index (κ1) is 10.8. The monoisotopic (exact) mass is 203 g/mol. The molecule has 0 saturated heterocycles. The van der Waals surface area contributed by atoms with Crippen LogP contribution in [0.4, 0.5) is 0 Å². The first-order valence-electron chi connectivity index (χ1n) is 4.14. The highest BCUT2D eigenvalue weighted by molar-refractivity contribution is 5.94. The van der Waals surface area contributed by atoms with Crippen LogP contribution < -0.4 is 4.74 Å². The van der Waals surface area contributed by atoms with Crippen LogP contribution in [-0.2, 0) is 4.79 Å². The Bertz CT molecular complexity index is 426. The van der Waals surface area contributed by atoms with Crippen LogP contribution in [0.15, 0.2) is 30.0 Å². The van der Waals surface area contributed by atoms with Gasteiger partial charge in [0.15, 0.2) is 0 Å². The first-order valence-corrected chi connectivity index (χ1v) is 4.14. The fourth-order valence-electron chi connectivity index (χ4n) is 1.000. The summed E-state index contributed by atoms with van der Waals surface area (Å²) in [6.07, 6.45) is 1.31. The van der Waals surface area contributed by atoms with Gasteiger partial charge in [0, 0.05) is 0 Å². The lowest BCUT2D eigenvalue weighted by Crippen LogP contribution is -1.95. The van der Waals surface area contributed by atoms with Crippen molar-refractivity contribution >= 4 is 12.0 Å². The van der Waals surface area contributed by atoms with E-state index in [0.29, 0.717) is 11.3 Å². The van der Waals surface area contributed by atoms with Gasteiger partial charge in [0.1, 0.15) is 5.75 Å². The maximum atomic E-state index is 10.6. The Morgan fingerprint density at radius 3 is 2.47 bits per heavy atom. The lowest BCUT2D eigenvalue weighted by atomic mass is 10.2. The molecule has 1 aromatic rings. The van der Waals surface area contributed by atoms with Gasteiger partial charge >= 0.3 is 5.97 Å². The van der Waals surface area contributed by atoms with Gasteiger partial charge in [0.25, 0.3) is 5.70 Å². The average molecular weight is 203 g/mol. The molecule has 0 aliphatic heterocycles. The van der Waals surface area contributed by atoms with Crippen molar-refractivity contribution in [1.29, 1.82) is 0 Å². The number of methoxy groups -OCH3 is 1. The van der Waals surface area contributed by atoms with Crippen LogP contribution in [-0.4, -0.2) is 18.2 Å². The van der Waals surface area contributed by atoms with Crippen molar-refractivity contribution in [2.45, 2.75) is 0 Å². The van der Waals surface area contributed by atoms with Crippen molar-refractivity contribution in [2.24, 2.45) is 0 Å². The van der Waals surface area contributed by atoms with Crippen molar-refractivity contribution in [3.05, 3.63) is 46.9 Å². The molecule has 0 saturated carbocycles. The zero-order valence-electron chi connectivity index (χ0n) is 8.10. The van der Waals surface area contributed by atoms with Crippen molar-refractivity contribution in [1.82, 2.24) is 0 Å². The zero-order valence-corrected chi connectivity index (χ0v) is 8.10. The fourth-order valence-corrected chi connectivity index (χ4v) is 1.000. The number of nitrogens with zero attached hydrogens (tertiary/aromatic N) is 1. The number of benzene rings is 1. The molecule has 0 unspecified atom stereocenters. The second-order valence-corrected chi connectivity index (χ2v) is 2.72. The number of aliphatic carboxylic acids is 1. The average Bonchev–Trinajstić information content (AvgIpc) is 2.26. The zero-order chi connectivity index (χ0) is 11.3. The van der Waals surface area contributed by atoms with E-state index in [4.69, 9.17) is 16.4 Å². The molecule has 0 aromatic heterocycles. The number of carboxylic acids is 1. The summed E-state index contributed by atoms with van der Waals surface area (Å²) in [7, 11) is 1.55. The van der Waals surface area contributed by atoms with Crippen LogP contribution >= 0.6 is 0 Å². The first-order chi connectivity index (χ1) is 7.17. The lowest BCUT2D eigenvalue weighted by molar-refractivity contribution is -0.132. The maximum absolute atomic E-state index is 10.6. The highest BCUT2D eigenvalue weighted by atomic mass is 16.5. The van der Waals surface area contributed by atoms with Crippen LogP contribution in [0.25, 0.3) is 10.9 Å². The predicted molar refractivity (Wildman–Crippen MR) is 55.2 cm³/mol. The Morgan fingerprint density at radius 2 is 2.07 bits per heavy atom. The lowest BCUT2D eigenvalue weighted by Gasteiger charge is -1.99. The van der Waals surface area contributed by atoms with E-state index in [9.17, 15) is 4.79 Å². The van der Waals surface area contributed by atoms with Gasteiger partial charge < -0.3 is 9.84 Å². The van der Waals surface area contributed by atoms with E-state index >= 15 is 0 Å². The van der Waals surface area contributed by atoms with E-state index in [1.807, 2.05) is 0 Å². The molecule has 0 bridgehead atoms. The molecular weight excluding hydrogens is 194 g/mol. The van der Waals surface area contributed by atoms with Crippen molar-refractivity contribution in [3.8, 4) is 5.75 Å². The molecule has 4 heteroatoms. The molecule has 1 aromatic carbocycles. The molecule has 76 valence electrons. The Balaban J connectivity index is 2.98. The Kier molecular flexibility index (Phi) is 3.47. The minimum absolute atomic E-state index is 0.305. The fraction of sp³-hybridized carbons (Fsp3) is 0.0909. The highest BCUT2D eigenvalue weighted by Gasteiger charge is 2.05. The third-order valence-corrected chi connectivity index (χ3v) is 1.76. The molecule has 0 heterocycles. The van der Waals surface area contributed by atoms with E-state index in [-0.39, 0.29) is 5.70 Å². The molecule has 1 N–H and O–H groups in total. The van der Waals surface area contributed by atoms with Gasteiger partial charge in [-0.3, -0.25) is 4.79 Å². The standard InChI is InChI=1S/C11H9NO3/c1-12-10(11(13)14)7-8-3-5-9(15-2)6-4-8/h3-7H,2H3,(H,13,14). The van der Waals surface area contributed by atoms with Crippen molar-refractivity contribution in [2.75, 3.05) is 7.11 Å². The second kappa shape index (κ2) is 4.82. The van der Waals surface area contributed by atoms with Gasteiger partial charge in [-0.2, -0.15) is 0 Å². The van der Waals surface area contributed by atoms with Crippen LogP contribution in [0, 0.1) is 6.57 Å². The molecule has 0 aliphatic rings. The van der Waals surface area contributed by atoms with Crippen molar-refractivity contribution < 1.29 is 14.6 Å². The minimum Gasteiger partial charge on any atom is -0.497 e. The molecule has 4 nitrogen and oxygen atoms in total. The smallest absolute Gasteiger partial charge is 0.333 e. The molecular formula is C11H9NO3. The van der Waals surface area contributed by atoms with E-state index in [1.54, 1.807) is 31.4 Å². The molecule has 0 radical (unpaired) electrons. The number of rotatable bonds is 3. The third kappa shape index (κ3) is 2.85.